The molecule has 0 saturated carbocycles. The standard InChI is InChI=1S/C12H27N3O/c1-10(2)11(9-15(3)4)14-12(16)7-5-6-8-13/h10-11H,5-9,13H2,1-4H3,(H,14,16). The molecule has 0 aliphatic heterocycles. The van der Waals surface area contributed by atoms with Gasteiger partial charge in [0.1, 0.15) is 0 Å². The van der Waals surface area contributed by atoms with Crippen molar-refractivity contribution in [2.24, 2.45) is 11.7 Å². The first kappa shape index (κ1) is 15.4. The van der Waals surface area contributed by atoms with Crippen LogP contribution < -0.4 is 11.1 Å². The Labute approximate surface area is 99.6 Å². The van der Waals surface area contributed by atoms with Gasteiger partial charge in [0.25, 0.3) is 0 Å². The molecule has 0 aliphatic carbocycles. The Morgan fingerprint density at radius 1 is 1.31 bits per heavy atom. The molecule has 3 N–H and O–H groups in total. The Morgan fingerprint density at radius 3 is 2.38 bits per heavy atom. The molecule has 0 aromatic rings. The zero-order valence-electron chi connectivity index (χ0n) is 11.1. The Morgan fingerprint density at radius 2 is 1.94 bits per heavy atom. The molecule has 1 unspecified atom stereocenters. The van der Waals surface area contributed by atoms with Crippen molar-refractivity contribution >= 4 is 5.91 Å². The molecule has 0 heterocycles. The lowest BCUT2D eigenvalue weighted by atomic mass is 10.0. The van der Waals surface area contributed by atoms with E-state index in [0.29, 0.717) is 18.9 Å². The maximum absolute atomic E-state index is 11.6. The number of nitrogens with one attached hydrogen (secondary N) is 1. The third-order valence-electron chi connectivity index (χ3n) is 2.57. The van der Waals surface area contributed by atoms with Gasteiger partial charge in [0, 0.05) is 19.0 Å². The van der Waals surface area contributed by atoms with Crippen molar-refractivity contribution < 1.29 is 4.79 Å². The van der Waals surface area contributed by atoms with Crippen LogP contribution in [-0.2, 0) is 4.79 Å². The van der Waals surface area contributed by atoms with E-state index < -0.39 is 0 Å². The molecule has 4 nitrogen and oxygen atoms in total. The summed E-state index contributed by atoms with van der Waals surface area (Å²) in [6, 6.07) is 0.236. The normalized spacial score (nSPS) is 13.2. The number of likely N-dealkylation sites (N-methyl/N-ethyl adjacent to an activating group) is 1. The average Bonchev–Trinajstić information content (AvgIpc) is 2.16. The van der Waals surface area contributed by atoms with Crippen LogP contribution in [0.4, 0.5) is 0 Å². The van der Waals surface area contributed by atoms with Gasteiger partial charge in [0.15, 0.2) is 0 Å². The van der Waals surface area contributed by atoms with Crippen molar-refractivity contribution in [2.45, 2.75) is 39.2 Å². The summed E-state index contributed by atoms with van der Waals surface area (Å²) >= 11 is 0. The quantitative estimate of drug-likeness (QED) is 0.606. The molecule has 0 fully saturated rings. The number of nitrogens with two attached hydrogens (primary N) is 1. The minimum absolute atomic E-state index is 0.147. The van der Waals surface area contributed by atoms with E-state index in [2.05, 4.69) is 24.1 Å². The molecule has 0 rings (SSSR count). The molecule has 0 radical (unpaired) electrons. The zero-order valence-corrected chi connectivity index (χ0v) is 11.1. The molecule has 4 heteroatoms. The number of unbranched alkanes of at least 4 members (excludes halogenated alkanes) is 1. The number of rotatable bonds is 8. The largest absolute Gasteiger partial charge is 0.352 e. The summed E-state index contributed by atoms with van der Waals surface area (Å²) in [5.74, 6) is 0.606. The van der Waals surface area contributed by atoms with Crippen molar-refractivity contribution in [3.8, 4) is 0 Å². The fourth-order valence-electron chi connectivity index (χ4n) is 1.53. The van der Waals surface area contributed by atoms with Crippen molar-refractivity contribution in [3.05, 3.63) is 0 Å². The monoisotopic (exact) mass is 229 g/mol. The topological polar surface area (TPSA) is 58.4 Å². The molecule has 16 heavy (non-hydrogen) atoms. The number of carbonyl (C=O) groups excluding carboxylic acids is 1. The first-order valence-electron chi connectivity index (χ1n) is 6.11. The highest BCUT2D eigenvalue weighted by atomic mass is 16.1. The second-order valence-corrected chi connectivity index (χ2v) is 4.93. The molecule has 0 aromatic carbocycles. The summed E-state index contributed by atoms with van der Waals surface area (Å²) < 4.78 is 0. The summed E-state index contributed by atoms with van der Waals surface area (Å²) in [6.45, 7) is 5.82. The van der Waals surface area contributed by atoms with Crippen LogP contribution in [0.3, 0.4) is 0 Å². The molecule has 0 aromatic heterocycles. The third kappa shape index (κ3) is 7.65. The first-order valence-corrected chi connectivity index (χ1v) is 6.11. The van der Waals surface area contributed by atoms with Crippen molar-refractivity contribution in [1.29, 1.82) is 0 Å². The smallest absolute Gasteiger partial charge is 0.220 e. The lowest BCUT2D eigenvalue weighted by molar-refractivity contribution is -0.122. The van der Waals surface area contributed by atoms with Crippen LogP contribution in [-0.4, -0.2) is 44.0 Å². The summed E-state index contributed by atoms with van der Waals surface area (Å²) in [4.78, 5) is 13.7. The van der Waals surface area contributed by atoms with E-state index >= 15 is 0 Å². The summed E-state index contributed by atoms with van der Waals surface area (Å²) in [5, 5.41) is 3.09. The second-order valence-electron chi connectivity index (χ2n) is 4.93. The molecule has 0 aliphatic rings. The highest BCUT2D eigenvalue weighted by Crippen LogP contribution is 2.04. The minimum atomic E-state index is 0.147. The Hall–Kier alpha value is -0.610. The van der Waals surface area contributed by atoms with E-state index in [4.69, 9.17) is 5.73 Å². The highest BCUT2D eigenvalue weighted by molar-refractivity contribution is 5.76. The first-order chi connectivity index (χ1) is 7.47. The van der Waals surface area contributed by atoms with E-state index in [-0.39, 0.29) is 11.9 Å². The Bertz CT molecular complexity index is 193. The van der Waals surface area contributed by atoms with Gasteiger partial charge >= 0.3 is 0 Å². The van der Waals surface area contributed by atoms with Gasteiger partial charge in [0.05, 0.1) is 0 Å². The molecule has 1 atom stereocenters. The van der Waals surface area contributed by atoms with Crippen LogP contribution in [0.15, 0.2) is 0 Å². The molecule has 0 saturated heterocycles. The van der Waals surface area contributed by atoms with E-state index in [0.717, 1.165) is 19.4 Å². The van der Waals surface area contributed by atoms with E-state index in [1.165, 1.54) is 0 Å². The predicted molar refractivity (Wildman–Crippen MR) is 68.2 cm³/mol. The zero-order chi connectivity index (χ0) is 12.6. The number of amides is 1. The van der Waals surface area contributed by atoms with Crippen molar-refractivity contribution in [1.82, 2.24) is 10.2 Å². The summed E-state index contributed by atoms with van der Waals surface area (Å²) in [5.41, 5.74) is 5.39. The van der Waals surface area contributed by atoms with Gasteiger partial charge in [-0.25, -0.2) is 0 Å². The van der Waals surface area contributed by atoms with Gasteiger partial charge < -0.3 is 16.0 Å². The van der Waals surface area contributed by atoms with Gasteiger partial charge in [-0.2, -0.15) is 0 Å². The predicted octanol–water partition coefficient (Wildman–Crippen LogP) is 0.818. The SMILES string of the molecule is CC(C)C(CN(C)C)NC(=O)CCCCN. The van der Waals surface area contributed by atoms with Crippen LogP contribution in [0, 0.1) is 5.92 Å². The van der Waals surface area contributed by atoms with Crippen LogP contribution in [0.25, 0.3) is 0 Å². The van der Waals surface area contributed by atoms with Gasteiger partial charge in [0.2, 0.25) is 5.91 Å². The van der Waals surface area contributed by atoms with Crippen molar-refractivity contribution in [2.75, 3.05) is 27.2 Å². The fraction of sp³-hybridized carbons (Fsp3) is 0.917. The minimum Gasteiger partial charge on any atom is -0.352 e. The molecule has 1 amide bonds. The van der Waals surface area contributed by atoms with Crippen LogP contribution in [0.2, 0.25) is 0 Å². The van der Waals surface area contributed by atoms with E-state index in [1.807, 2.05) is 14.1 Å². The second kappa shape index (κ2) is 8.53. The van der Waals surface area contributed by atoms with Gasteiger partial charge in [-0.05, 0) is 39.4 Å². The summed E-state index contributed by atoms with van der Waals surface area (Å²) in [7, 11) is 4.05. The van der Waals surface area contributed by atoms with E-state index in [1.54, 1.807) is 0 Å². The molecular formula is C12H27N3O. The van der Waals surface area contributed by atoms with Crippen LogP contribution >= 0.6 is 0 Å². The Kier molecular flexibility index (Phi) is 8.21. The van der Waals surface area contributed by atoms with Gasteiger partial charge in [-0.15, -0.1) is 0 Å². The average molecular weight is 229 g/mol. The fourth-order valence-corrected chi connectivity index (χ4v) is 1.53. The number of hydrogen-bond acceptors (Lipinski definition) is 3. The van der Waals surface area contributed by atoms with Crippen LogP contribution in [0.1, 0.15) is 33.1 Å². The number of nitrogens with zero attached hydrogens (tertiary/aromatic N) is 1. The van der Waals surface area contributed by atoms with Crippen LogP contribution in [0.5, 0.6) is 0 Å². The maximum Gasteiger partial charge on any atom is 0.220 e. The van der Waals surface area contributed by atoms with Crippen molar-refractivity contribution in [3.63, 3.8) is 0 Å². The molecule has 0 spiro atoms. The Balaban J connectivity index is 3.93. The number of hydrogen-bond donors (Lipinski definition) is 2. The molecule has 96 valence electrons. The highest BCUT2D eigenvalue weighted by Gasteiger charge is 2.16. The third-order valence-corrected chi connectivity index (χ3v) is 2.57. The van der Waals surface area contributed by atoms with E-state index in [9.17, 15) is 4.79 Å². The van der Waals surface area contributed by atoms with Gasteiger partial charge in [-0.1, -0.05) is 13.8 Å². The number of carbonyl (C=O) groups is 1. The lowest BCUT2D eigenvalue weighted by Gasteiger charge is -2.25. The lowest BCUT2D eigenvalue weighted by Crippen LogP contribution is -2.44. The van der Waals surface area contributed by atoms with Gasteiger partial charge in [-0.3, -0.25) is 4.79 Å². The molecular weight excluding hydrogens is 202 g/mol. The molecule has 0 bridgehead atoms. The summed E-state index contributed by atoms with van der Waals surface area (Å²) in [6.07, 6.45) is 2.40. The maximum atomic E-state index is 11.6.